The number of carboxylic acids is 1. The Kier molecular flexibility index (Phi) is 8.53. The van der Waals surface area contributed by atoms with E-state index < -0.39 is 41.7 Å². The van der Waals surface area contributed by atoms with Crippen LogP contribution in [-0.4, -0.2) is 34.3 Å². The lowest BCUT2D eigenvalue weighted by atomic mass is 10.0. The van der Waals surface area contributed by atoms with E-state index >= 15 is 0 Å². The fraction of sp³-hybridized carbons (Fsp3) is 0.172. The minimum atomic E-state index is -1.38. The van der Waals surface area contributed by atoms with Crippen LogP contribution in [0.25, 0.3) is 11.3 Å². The highest BCUT2D eigenvalue weighted by atomic mass is 19.2. The fourth-order valence-corrected chi connectivity index (χ4v) is 3.92. The number of carbonyl (C=O) groups is 3. The second-order valence-corrected chi connectivity index (χ2v) is 8.95. The summed E-state index contributed by atoms with van der Waals surface area (Å²) in [7, 11) is 0. The Balaban J connectivity index is 1.43. The van der Waals surface area contributed by atoms with E-state index in [1.807, 2.05) is 30.3 Å². The second-order valence-electron chi connectivity index (χ2n) is 8.95. The van der Waals surface area contributed by atoms with E-state index in [9.17, 15) is 28.3 Å². The van der Waals surface area contributed by atoms with Gasteiger partial charge in [-0.05, 0) is 49.2 Å². The molecule has 206 valence electrons. The molecule has 0 bridgehead atoms. The summed E-state index contributed by atoms with van der Waals surface area (Å²) in [5.41, 5.74) is 2.35. The lowest BCUT2D eigenvalue weighted by Gasteiger charge is -2.15. The molecule has 0 radical (unpaired) electrons. The highest BCUT2D eigenvalue weighted by Crippen LogP contribution is 2.31. The van der Waals surface area contributed by atoms with E-state index in [2.05, 4.69) is 15.8 Å². The molecule has 9 nitrogen and oxygen atoms in total. The van der Waals surface area contributed by atoms with E-state index in [0.717, 1.165) is 17.7 Å². The van der Waals surface area contributed by atoms with Crippen molar-refractivity contribution in [1.29, 1.82) is 0 Å². The summed E-state index contributed by atoms with van der Waals surface area (Å²) >= 11 is 0. The number of aryl methyl sites for hydroxylation is 1. The first kappa shape index (κ1) is 28.0. The zero-order chi connectivity index (χ0) is 28.8. The number of carbonyl (C=O) groups excluding carboxylic acids is 2. The molecule has 0 aliphatic heterocycles. The lowest BCUT2D eigenvalue weighted by Crippen LogP contribution is -2.42. The first-order chi connectivity index (χ1) is 19.1. The Morgan fingerprint density at radius 1 is 1.00 bits per heavy atom. The molecule has 0 aliphatic rings. The van der Waals surface area contributed by atoms with E-state index in [-0.39, 0.29) is 23.3 Å². The van der Waals surface area contributed by atoms with Gasteiger partial charge >= 0.3 is 12.1 Å². The summed E-state index contributed by atoms with van der Waals surface area (Å²) in [6.45, 7) is 3.39. The number of nitrogens with zero attached hydrogens (tertiary/aromatic N) is 1. The van der Waals surface area contributed by atoms with Crippen LogP contribution in [0.2, 0.25) is 0 Å². The van der Waals surface area contributed by atoms with Crippen LogP contribution in [0.4, 0.5) is 19.3 Å². The smallest absolute Gasteiger partial charge is 0.412 e. The summed E-state index contributed by atoms with van der Waals surface area (Å²) in [4.78, 5) is 37.0. The van der Waals surface area contributed by atoms with E-state index in [4.69, 9.17) is 9.26 Å². The quantitative estimate of drug-likeness (QED) is 0.245. The minimum absolute atomic E-state index is 0.141. The average Bonchev–Trinajstić information content (AvgIpc) is 3.30. The normalized spacial score (nSPS) is 12.3. The molecule has 1 heterocycles. The summed E-state index contributed by atoms with van der Waals surface area (Å²) in [6, 6.07) is 16.8. The zero-order valence-corrected chi connectivity index (χ0v) is 21.5. The zero-order valence-electron chi connectivity index (χ0n) is 21.5. The number of carboxylic acid groups (broad SMARTS) is 1. The van der Waals surface area contributed by atoms with Gasteiger partial charge in [0.05, 0.1) is 0 Å². The van der Waals surface area contributed by atoms with Crippen LogP contribution in [0.5, 0.6) is 0 Å². The first-order valence-corrected chi connectivity index (χ1v) is 12.2. The molecule has 11 heteroatoms. The molecule has 2 atom stereocenters. The summed E-state index contributed by atoms with van der Waals surface area (Å²) in [6.07, 6.45) is -1.46. The average molecular weight is 550 g/mol. The van der Waals surface area contributed by atoms with Crippen molar-refractivity contribution >= 4 is 23.7 Å². The number of benzene rings is 3. The van der Waals surface area contributed by atoms with E-state index in [1.54, 1.807) is 26.0 Å². The molecule has 3 aromatic carbocycles. The van der Waals surface area contributed by atoms with Crippen molar-refractivity contribution in [2.45, 2.75) is 32.4 Å². The largest absolute Gasteiger partial charge is 0.480 e. The number of aromatic nitrogens is 1. The number of halogens is 2. The van der Waals surface area contributed by atoms with E-state index in [0.29, 0.717) is 16.9 Å². The Bertz CT molecular complexity index is 1520. The van der Waals surface area contributed by atoms with Crippen molar-refractivity contribution in [3.05, 3.63) is 107 Å². The van der Waals surface area contributed by atoms with Crippen LogP contribution in [0, 0.1) is 18.6 Å². The molecule has 2 amide bonds. The molecule has 0 aliphatic carbocycles. The van der Waals surface area contributed by atoms with Crippen molar-refractivity contribution in [1.82, 2.24) is 10.5 Å². The molecule has 1 aromatic heterocycles. The van der Waals surface area contributed by atoms with Gasteiger partial charge in [0.1, 0.15) is 23.5 Å². The summed E-state index contributed by atoms with van der Waals surface area (Å²) in [5, 5.41) is 18.5. The van der Waals surface area contributed by atoms with Crippen molar-refractivity contribution in [3.8, 4) is 11.3 Å². The van der Waals surface area contributed by atoms with Crippen molar-refractivity contribution in [3.63, 3.8) is 0 Å². The monoisotopic (exact) mass is 549 g/mol. The maximum absolute atomic E-state index is 13.5. The summed E-state index contributed by atoms with van der Waals surface area (Å²) in [5.74, 6) is -3.96. The van der Waals surface area contributed by atoms with Gasteiger partial charge in [0, 0.05) is 17.5 Å². The van der Waals surface area contributed by atoms with Gasteiger partial charge in [0.15, 0.2) is 17.4 Å². The molecule has 0 fully saturated rings. The fourth-order valence-electron chi connectivity index (χ4n) is 3.92. The van der Waals surface area contributed by atoms with E-state index in [1.165, 1.54) is 18.2 Å². The van der Waals surface area contributed by atoms with Gasteiger partial charge in [-0.25, -0.2) is 18.4 Å². The Morgan fingerprint density at radius 3 is 2.35 bits per heavy atom. The van der Waals surface area contributed by atoms with Crippen LogP contribution in [0.15, 0.2) is 77.3 Å². The molecule has 40 heavy (non-hydrogen) atoms. The maximum atomic E-state index is 13.5. The van der Waals surface area contributed by atoms with Gasteiger partial charge in [-0.2, -0.15) is 0 Å². The van der Waals surface area contributed by atoms with Crippen LogP contribution in [0.3, 0.4) is 0 Å². The molecule has 0 saturated carbocycles. The van der Waals surface area contributed by atoms with Crippen LogP contribution in [0.1, 0.15) is 40.2 Å². The second kappa shape index (κ2) is 12.2. The van der Waals surface area contributed by atoms with Crippen LogP contribution in [-0.2, 0) is 16.0 Å². The number of rotatable bonds is 9. The van der Waals surface area contributed by atoms with Crippen LogP contribution < -0.4 is 10.6 Å². The minimum Gasteiger partial charge on any atom is -0.480 e. The van der Waals surface area contributed by atoms with Crippen LogP contribution >= 0.6 is 0 Å². The molecular formula is C29H25F2N3O6. The number of hydrogen-bond acceptors (Lipinski definition) is 6. The Hall–Kier alpha value is -5.06. The first-order valence-electron chi connectivity index (χ1n) is 12.2. The lowest BCUT2D eigenvalue weighted by molar-refractivity contribution is -0.139. The number of aliphatic carboxylic acids is 1. The third kappa shape index (κ3) is 6.68. The Labute approximate surface area is 227 Å². The number of anilines is 1. The molecule has 0 spiro atoms. The molecule has 0 saturated heterocycles. The molecule has 2 unspecified atom stereocenters. The molecule has 4 aromatic rings. The number of nitrogens with one attached hydrogen (secondary N) is 2. The number of hydrogen-bond donors (Lipinski definition) is 3. The topological polar surface area (TPSA) is 131 Å². The third-order valence-electron chi connectivity index (χ3n) is 6.08. The van der Waals surface area contributed by atoms with Crippen molar-refractivity contribution in [2.75, 3.05) is 5.32 Å². The van der Waals surface area contributed by atoms with Gasteiger partial charge in [0.25, 0.3) is 5.91 Å². The highest BCUT2D eigenvalue weighted by molar-refractivity contribution is 5.97. The maximum Gasteiger partial charge on any atom is 0.412 e. The van der Waals surface area contributed by atoms with Gasteiger partial charge in [-0.1, -0.05) is 53.7 Å². The number of ether oxygens (including phenoxy) is 1. The van der Waals surface area contributed by atoms with Gasteiger partial charge < -0.3 is 19.7 Å². The SMILES string of the molecule is Cc1noc(-c2ccc(C(=O)NC(Cc3ccc(F)c(F)c3)C(=O)O)cc2)c1NC(=O)OC(C)c1ccccc1. The predicted octanol–water partition coefficient (Wildman–Crippen LogP) is 5.66. The van der Waals surface area contributed by atoms with Crippen molar-refractivity contribution in [2.24, 2.45) is 0 Å². The number of amides is 2. The predicted molar refractivity (Wildman–Crippen MR) is 141 cm³/mol. The Morgan fingerprint density at radius 2 is 1.70 bits per heavy atom. The molecular weight excluding hydrogens is 524 g/mol. The standard InChI is InChI=1S/C29H25F2N3O6/c1-16-25(33-29(38)39-17(2)19-6-4-3-5-7-19)26(40-34-16)20-9-11-21(12-10-20)27(35)32-24(28(36)37)15-18-8-13-22(30)23(31)14-18/h3-14,17,24H,15H2,1-2H3,(H,32,35)(H,33,38)(H,36,37). The highest BCUT2D eigenvalue weighted by Gasteiger charge is 2.23. The summed E-state index contributed by atoms with van der Waals surface area (Å²) < 4.78 is 37.5. The third-order valence-corrected chi connectivity index (χ3v) is 6.08. The molecule has 3 N–H and O–H groups in total. The van der Waals surface area contributed by atoms with Gasteiger partial charge in [0.2, 0.25) is 0 Å². The van der Waals surface area contributed by atoms with Gasteiger partial charge in [-0.3, -0.25) is 10.1 Å². The van der Waals surface area contributed by atoms with Crippen molar-refractivity contribution < 1.29 is 37.5 Å². The van der Waals surface area contributed by atoms with Gasteiger partial charge in [-0.15, -0.1) is 0 Å². The molecule has 4 rings (SSSR count).